The Morgan fingerprint density at radius 1 is 0.295 bits per heavy atom. The molecular weight excluding hydrogens is 1250 g/mol. The number of phosphoric acid groups is 2. The predicted molar refractivity (Wildman–Crippen MR) is 386 cm³/mol. The average molecular weight is 1400 g/mol. The van der Waals surface area contributed by atoms with Gasteiger partial charge in [-0.15, -0.1) is 0 Å². The summed E-state index contributed by atoms with van der Waals surface area (Å²) in [6.45, 7) is 7.23. The zero-order chi connectivity index (χ0) is 69.8. The molecule has 0 fully saturated rings. The lowest BCUT2D eigenvalue weighted by molar-refractivity contribution is -0.161. The quantitative estimate of drug-likeness (QED) is 0.0222. The van der Waals surface area contributed by atoms with Crippen LogP contribution < -0.4 is 0 Å². The molecule has 0 bridgehead atoms. The Hall–Kier alpha value is -1.94. The molecule has 0 rings (SSSR count). The van der Waals surface area contributed by atoms with Gasteiger partial charge in [0.1, 0.15) is 19.3 Å². The van der Waals surface area contributed by atoms with E-state index in [0.29, 0.717) is 25.7 Å². The van der Waals surface area contributed by atoms with E-state index >= 15 is 0 Å². The first-order valence-corrected chi connectivity index (χ1v) is 42.7. The zero-order valence-electron chi connectivity index (χ0n) is 61.8. The summed E-state index contributed by atoms with van der Waals surface area (Å²) in [4.78, 5) is 72.5. The van der Waals surface area contributed by atoms with Crippen LogP contribution >= 0.6 is 15.6 Å². The summed E-state index contributed by atoms with van der Waals surface area (Å²) < 4.78 is 68.3. The zero-order valence-corrected chi connectivity index (χ0v) is 63.6. The van der Waals surface area contributed by atoms with Crippen LogP contribution in [0, 0.1) is 5.92 Å². The van der Waals surface area contributed by atoms with Gasteiger partial charge in [-0.05, 0) is 31.6 Å². The lowest BCUT2D eigenvalue weighted by atomic mass is 9.99. The minimum Gasteiger partial charge on any atom is -0.462 e. The Kier molecular flexibility index (Phi) is 67.7. The number of unbranched alkanes of at least 4 members (excludes halogenated alkanes) is 47. The molecule has 19 heteroatoms. The highest BCUT2D eigenvalue weighted by Crippen LogP contribution is 2.45. The normalized spacial score (nSPS) is 14.2. The van der Waals surface area contributed by atoms with Crippen molar-refractivity contribution < 1.29 is 80.2 Å². The number of esters is 4. The van der Waals surface area contributed by atoms with Crippen LogP contribution in [0.5, 0.6) is 0 Å². The number of phosphoric ester groups is 2. The number of hydrogen-bond acceptors (Lipinski definition) is 15. The fraction of sp³-hybridized carbons (Fsp3) is 0.947. The molecule has 564 valence electrons. The first-order chi connectivity index (χ1) is 46.1. The number of hydrogen-bond donors (Lipinski definition) is 3. The van der Waals surface area contributed by atoms with Crippen LogP contribution in [-0.2, 0) is 65.4 Å². The SMILES string of the molecule is CCCCCCCCCCCCCCCCCCCCC(=O)OC[C@H](COP(=O)(O)OC[C@@H](O)COP(=O)(O)OC[C@@H](COC(=O)CCCCCCC)OC(=O)CCCCCCCCCCCCC(C)CC)OC(=O)CCCCCCCCCCCCCCCCCCCC. The van der Waals surface area contributed by atoms with E-state index in [-0.39, 0.29) is 25.7 Å². The van der Waals surface area contributed by atoms with Crippen molar-refractivity contribution in [1.82, 2.24) is 0 Å². The number of aliphatic hydroxyl groups excluding tert-OH is 1. The van der Waals surface area contributed by atoms with Crippen LogP contribution in [0.1, 0.15) is 401 Å². The third kappa shape index (κ3) is 69.0. The molecule has 3 unspecified atom stereocenters. The molecule has 0 amide bonds. The predicted octanol–water partition coefficient (Wildman–Crippen LogP) is 22.5. The highest BCUT2D eigenvalue weighted by molar-refractivity contribution is 7.47. The number of aliphatic hydroxyl groups is 1. The molecule has 0 saturated heterocycles. The monoisotopic (exact) mass is 1400 g/mol. The van der Waals surface area contributed by atoms with E-state index in [4.69, 9.17) is 37.0 Å². The van der Waals surface area contributed by atoms with E-state index in [1.807, 2.05) is 0 Å². The maximum Gasteiger partial charge on any atom is 0.472 e. The standard InChI is InChI=1S/C76H148O17P2/c1-6-10-13-16-18-20-22-24-26-28-30-32-34-36-41-45-50-55-60-74(79)87-66-72(93-76(81)61-56-51-46-42-37-35-33-31-29-27-25-23-21-19-17-14-11-7-2)68-91-95(84,85)89-64-70(77)63-88-94(82,83)90-67-71(65-86-73(78)59-54-48-15-12-8-3)92-75(80)62-57-52-47-43-39-38-40-44-49-53-58-69(5)9-4/h69-72,77H,6-68H2,1-5H3,(H,82,83)(H,84,85)/t69?,70-,71+,72+/m0/s1. The summed E-state index contributed by atoms with van der Waals surface area (Å²) in [5, 5.41) is 10.6. The Morgan fingerprint density at radius 3 is 0.747 bits per heavy atom. The second kappa shape index (κ2) is 69.2. The van der Waals surface area contributed by atoms with Crippen molar-refractivity contribution in [3.63, 3.8) is 0 Å². The maximum atomic E-state index is 13.1. The third-order valence-electron chi connectivity index (χ3n) is 18.1. The van der Waals surface area contributed by atoms with Crippen LogP contribution in [0.3, 0.4) is 0 Å². The van der Waals surface area contributed by atoms with Crippen molar-refractivity contribution in [2.45, 2.75) is 419 Å². The van der Waals surface area contributed by atoms with E-state index in [0.717, 1.165) is 102 Å². The van der Waals surface area contributed by atoms with Crippen LogP contribution in [0.2, 0.25) is 0 Å². The molecule has 0 heterocycles. The van der Waals surface area contributed by atoms with E-state index in [9.17, 15) is 43.2 Å². The van der Waals surface area contributed by atoms with Crippen molar-refractivity contribution >= 4 is 39.5 Å². The van der Waals surface area contributed by atoms with Crippen molar-refractivity contribution in [1.29, 1.82) is 0 Å². The maximum absolute atomic E-state index is 13.1. The molecule has 6 atom stereocenters. The molecule has 17 nitrogen and oxygen atoms in total. The molecule has 0 aliphatic heterocycles. The number of carbonyl (C=O) groups excluding carboxylic acids is 4. The van der Waals surface area contributed by atoms with Crippen LogP contribution in [0.15, 0.2) is 0 Å². The molecule has 95 heavy (non-hydrogen) atoms. The fourth-order valence-electron chi connectivity index (χ4n) is 11.7. The van der Waals surface area contributed by atoms with Gasteiger partial charge in [-0.25, -0.2) is 9.13 Å². The van der Waals surface area contributed by atoms with Crippen molar-refractivity contribution in [3.05, 3.63) is 0 Å². The van der Waals surface area contributed by atoms with Gasteiger partial charge in [0, 0.05) is 25.7 Å². The summed E-state index contributed by atoms with van der Waals surface area (Å²) in [5.41, 5.74) is 0. The Labute approximate surface area is 581 Å². The summed E-state index contributed by atoms with van der Waals surface area (Å²) in [6.07, 6.45) is 58.7. The molecule has 0 aromatic carbocycles. The second-order valence-corrected chi connectivity index (χ2v) is 30.5. The molecule has 0 aromatic rings. The summed E-state index contributed by atoms with van der Waals surface area (Å²) in [5.74, 6) is -1.32. The largest absolute Gasteiger partial charge is 0.472 e. The van der Waals surface area contributed by atoms with Gasteiger partial charge in [-0.1, -0.05) is 349 Å². The third-order valence-corrected chi connectivity index (χ3v) is 20.0. The smallest absolute Gasteiger partial charge is 0.462 e. The minimum atomic E-state index is -4.95. The lowest BCUT2D eigenvalue weighted by Crippen LogP contribution is -2.30. The molecule has 0 aromatic heterocycles. The summed E-state index contributed by atoms with van der Waals surface area (Å²) >= 11 is 0. The van der Waals surface area contributed by atoms with Crippen LogP contribution in [-0.4, -0.2) is 96.7 Å². The van der Waals surface area contributed by atoms with Crippen LogP contribution in [0.4, 0.5) is 0 Å². The van der Waals surface area contributed by atoms with Gasteiger partial charge in [0.2, 0.25) is 0 Å². The lowest BCUT2D eigenvalue weighted by Gasteiger charge is -2.21. The molecule has 0 aliphatic carbocycles. The number of carbonyl (C=O) groups is 4. The van der Waals surface area contributed by atoms with Gasteiger partial charge >= 0.3 is 39.5 Å². The van der Waals surface area contributed by atoms with Gasteiger partial charge in [0.05, 0.1) is 26.4 Å². The van der Waals surface area contributed by atoms with Crippen molar-refractivity contribution in [3.8, 4) is 0 Å². The first-order valence-electron chi connectivity index (χ1n) is 39.7. The van der Waals surface area contributed by atoms with E-state index in [1.165, 1.54) is 218 Å². The fourth-order valence-corrected chi connectivity index (χ4v) is 13.3. The van der Waals surface area contributed by atoms with E-state index in [1.54, 1.807) is 0 Å². The van der Waals surface area contributed by atoms with Gasteiger partial charge in [-0.3, -0.25) is 37.3 Å². The van der Waals surface area contributed by atoms with Gasteiger partial charge < -0.3 is 33.8 Å². The van der Waals surface area contributed by atoms with E-state index in [2.05, 4.69) is 34.6 Å². The topological polar surface area (TPSA) is 237 Å². The molecular formula is C76H148O17P2. The molecule has 0 saturated carbocycles. The van der Waals surface area contributed by atoms with Gasteiger partial charge in [-0.2, -0.15) is 0 Å². The average Bonchev–Trinajstić information content (AvgIpc) is 1.95. The van der Waals surface area contributed by atoms with E-state index < -0.39 is 97.5 Å². The summed E-state index contributed by atoms with van der Waals surface area (Å²) in [6, 6.07) is 0. The highest BCUT2D eigenvalue weighted by atomic mass is 31.2. The van der Waals surface area contributed by atoms with Crippen molar-refractivity contribution in [2.24, 2.45) is 5.92 Å². The Balaban J connectivity index is 5.14. The van der Waals surface area contributed by atoms with Gasteiger partial charge in [0.25, 0.3) is 0 Å². The Morgan fingerprint density at radius 2 is 0.505 bits per heavy atom. The first kappa shape index (κ1) is 93.1. The molecule has 3 N–H and O–H groups in total. The van der Waals surface area contributed by atoms with Crippen LogP contribution in [0.25, 0.3) is 0 Å². The second-order valence-electron chi connectivity index (χ2n) is 27.6. The highest BCUT2D eigenvalue weighted by Gasteiger charge is 2.30. The molecule has 0 spiro atoms. The summed E-state index contributed by atoms with van der Waals surface area (Å²) in [7, 11) is -9.90. The molecule has 0 aliphatic rings. The number of ether oxygens (including phenoxy) is 4. The number of rotatable bonds is 76. The van der Waals surface area contributed by atoms with Crippen molar-refractivity contribution in [2.75, 3.05) is 39.6 Å². The van der Waals surface area contributed by atoms with Gasteiger partial charge in [0.15, 0.2) is 12.2 Å². The Bertz CT molecular complexity index is 1820. The molecule has 0 radical (unpaired) electrons. The minimum absolute atomic E-state index is 0.106.